The fraction of sp³-hybridized carbons (Fsp3) is 0. The van der Waals surface area contributed by atoms with E-state index in [0.29, 0.717) is 6.41 Å². The van der Waals surface area contributed by atoms with Gasteiger partial charge in [-0.05, 0) is 24.3 Å². The molecule has 0 bridgehead atoms. The number of nitrogens with one attached hydrogen (secondary N) is 2. The van der Waals surface area contributed by atoms with Crippen LogP contribution in [0.2, 0.25) is 0 Å². The van der Waals surface area contributed by atoms with Crippen molar-refractivity contribution in [3.05, 3.63) is 47.8 Å². The van der Waals surface area contributed by atoms with Crippen molar-refractivity contribution in [3.63, 3.8) is 0 Å². The highest BCUT2D eigenvalue weighted by atomic mass is 16.3. The van der Waals surface area contributed by atoms with E-state index < -0.39 is 11.8 Å². The van der Waals surface area contributed by atoms with E-state index >= 15 is 0 Å². The number of rotatable bonds is 5. The SMILES string of the molecule is NC(=O)c1ccc(C(=O)Nc2cccc(NC=O)c2O)cn1. The molecule has 0 fully saturated rings. The molecule has 1 aromatic carbocycles. The largest absolute Gasteiger partial charge is 0.504 e. The topological polar surface area (TPSA) is 134 Å². The smallest absolute Gasteiger partial charge is 0.267 e. The average Bonchev–Trinajstić information content (AvgIpc) is 2.51. The lowest BCUT2D eigenvalue weighted by atomic mass is 10.2. The quantitative estimate of drug-likeness (QED) is 0.476. The molecule has 22 heavy (non-hydrogen) atoms. The summed E-state index contributed by atoms with van der Waals surface area (Å²) in [7, 11) is 0. The van der Waals surface area contributed by atoms with Crippen molar-refractivity contribution < 1.29 is 19.5 Å². The lowest BCUT2D eigenvalue weighted by Gasteiger charge is -2.10. The predicted molar refractivity (Wildman–Crippen MR) is 78.5 cm³/mol. The molecule has 0 saturated carbocycles. The van der Waals surface area contributed by atoms with Crippen molar-refractivity contribution in [3.8, 4) is 5.75 Å². The molecule has 0 saturated heterocycles. The Morgan fingerprint density at radius 2 is 1.91 bits per heavy atom. The molecule has 0 atom stereocenters. The van der Waals surface area contributed by atoms with Gasteiger partial charge < -0.3 is 21.5 Å². The summed E-state index contributed by atoms with van der Waals surface area (Å²) in [5.74, 6) is -1.51. The van der Waals surface area contributed by atoms with Crippen LogP contribution in [0.4, 0.5) is 11.4 Å². The molecule has 112 valence electrons. The third-order valence-corrected chi connectivity index (χ3v) is 2.78. The molecular weight excluding hydrogens is 288 g/mol. The third-order valence-electron chi connectivity index (χ3n) is 2.78. The first-order valence-corrected chi connectivity index (χ1v) is 6.12. The van der Waals surface area contributed by atoms with Gasteiger partial charge in [0.1, 0.15) is 5.69 Å². The van der Waals surface area contributed by atoms with Crippen LogP contribution >= 0.6 is 0 Å². The first-order valence-electron chi connectivity index (χ1n) is 6.12. The van der Waals surface area contributed by atoms with Gasteiger partial charge in [-0.15, -0.1) is 0 Å². The van der Waals surface area contributed by atoms with E-state index in [0.717, 1.165) is 0 Å². The van der Waals surface area contributed by atoms with Gasteiger partial charge in [0.2, 0.25) is 6.41 Å². The van der Waals surface area contributed by atoms with E-state index in [1.807, 2.05) is 0 Å². The van der Waals surface area contributed by atoms with E-state index in [1.54, 1.807) is 6.07 Å². The normalized spacial score (nSPS) is 9.82. The van der Waals surface area contributed by atoms with E-state index in [4.69, 9.17) is 5.73 Å². The summed E-state index contributed by atoms with van der Waals surface area (Å²) in [6.45, 7) is 0. The zero-order valence-corrected chi connectivity index (χ0v) is 11.2. The Morgan fingerprint density at radius 1 is 1.18 bits per heavy atom. The molecule has 1 heterocycles. The minimum Gasteiger partial charge on any atom is -0.504 e. The van der Waals surface area contributed by atoms with Crippen LogP contribution in [0.25, 0.3) is 0 Å². The number of carbonyl (C=O) groups is 3. The first-order chi connectivity index (χ1) is 10.5. The average molecular weight is 300 g/mol. The molecule has 1 aromatic heterocycles. The maximum atomic E-state index is 12.0. The number of amides is 3. The van der Waals surface area contributed by atoms with E-state index in [-0.39, 0.29) is 28.4 Å². The van der Waals surface area contributed by atoms with Crippen LogP contribution < -0.4 is 16.4 Å². The van der Waals surface area contributed by atoms with Gasteiger partial charge in [-0.25, -0.2) is 0 Å². The van der Waals surface area contributed by atoms with Crippen LogP contribution in [0, 0.1) is 0 Å². The molecule has 0 aliphatic rings. The summed E-state index contributed by atoms with van der Waals surface area (Å²) in [5, 5.41) is 14.7. The van der Waals surface area contributed by atoms with E-state index in [1.165, 1.54) is 30.5 Å². The Hall–Kier alpha value is -3.42. The van der Waals surface area contributed by atoms with E-state index in [9.17, 15) is 19.5 Å². The second kappa shape index (κ2) is 6.35. The highest BCUT2D eigenvalue weighted by molar-refractivity contribution is 6.05. The van der Waals surface area contributed by atoms with Gasteiger partial charge >= 0.3 is 0 Å². The maximum absolute atomic E-state index is 12.0. The number of hydrogen-bond donors (Lipinski definition) is 4. The predicted octanol–water partition coefficient (Wildman–Crippen LogP) is 0.707. The van der Waals surface area contributed by atoms with Crippen LogP contribution in [0.1, 0.15) is 20.8 Å². The van der Waals surface area contributed by atoms with Gasteiger partial charge in [0.05, 0.1) is 16.9 Å². The number of para-hydroxylation sites is 1. The van der Waals surface area contributed by atoms with E-state index in [2.05, 4.69) is 15.6 Å². The summed E-state index contributed by atoms with van der Waals surface area (Å²) >= 11 is 0. The standard InChI is InChI=1S/C14H12N4O4/c15-13(21)11-5-4-8(6-16-11)14(22)18-10-3-1-2-9(12(10)20)17-7-19/h1-7,20H,(H2,15,21)(H,17,19)(H,18,22). The molecule has 2 aromatic rings. The first kappa shape index (κ1) is 15.0. The van der Waals surface area contributed by atoms with Crippen LogP contribution in [0.3, 0.4) is 0 Å². The number of aromatic hydroxyl groups is 1. The fourth-order valence-corrected chi connectivity index (χ4v) is 1.69. The number of aromatic nitrogens is 1. The molecule has 3 amide bonds. The van der Waals surface area contributed by atoms with Crippen molar-refractivity contribution in [2.24, 2.45) is 5.73 Å². The van der Waals surface area contributed by atoms with Gasteiger partial charge in [-0.2, -0.15) is 0 Å². The molecule has 5 N–H and O–H groups in total. The highest BCUT2D eigenvalue weighted by Crippen LogP contribution is 2.31. The van der Waals surface area contributed by atoms with Crippen molar-refractivity contribution in [2.45, 2.75) is 0 Å². The Balaban J connectivity index is 2.20. The molecule has 8 nitrogen and oxygen atoms in total. The number of hydrogen-bond acceptors (Lipinski definition) is 5. The number of primary amides is 1. The second-order valence-corrected chi connectivity index (χ2v) is 4.21. The summed E-state index contributed by atoms with van der Waals surface area (Å²) in [6, 6.07) is 7.20. The van der Waals surface area contributed by atoms with Gasteiger partial charge in [0, 0.05) is 6.20 Å². The summed E-state index contributed by atoms with van der Waals surface area (Å²) in [4.78, 5) is 37.1. The highest BCUT2D eigenvalue weighted by Gasteiger charge is 2.12. The Bertz CT molecular complexity index is 728. The fourth-order valence-electron chi connectivity index (χ4n) is 1.69. The Kier molecular flexibility index (Phi) is 4.33. The number of anilines is 2. The zero-order chi connectivity index (χ0) is 16.1. The Morgan fingerprint density at radius 3 is 2.50 bits per heavy atom. The molecule has 8 heteroatoms. The number of benzene rings is 1. The molecule has 0 unspecified atom stereocenters. The molecule has 0 aliphatic heterocycles. The summed E-state index contributed by atoms with van der Waals surface area (Å²) in [5.41, 5.74) is 5.56. The number of nitrogens with zero attached hydrogens (tertiary/aromatic N) is 1. The molecule has 0 spiro atoms. The number of phenols is 1. The minimum absolute atomic E-state index is 0.0385. The Labute approximate surface area is 125 Å². The summed E-state index contributed by atoms with van der Waals surface area (Å²) in [6.07, 6.45) is 1.60. The zero-order valence-electron chi connectivity index (χ0n) is 11.2. The van der Waals surface area contributed by atoms with Crippen molar-refractivity contribution in [1.82, 2.24) is 4.98 Å². The minimum atomic E-state index is -0.697. The molecule has 0 aliphatic carbocycles. The molecule has 2 rings (SSSR count). The van der Waals surface area contributed by atoms with Gasteiger partial charge in [0.25, 0.3) is 11.8 Å². The van der Waals surface area contributed by atoms with Crippen LogP contribution in [-0.4, -0.2) is 28.3 Å². The number of pyridine rings is 1. The lowest BCUT2D eigenvalue weighted by Crippen LogP contribution is -2.16. The van der Waals surface area contributed by atoms with Crippen LogP contribution in [0.15, 0.2) is 36.5 Å². The molecule has 0 radical (unpaired) electrons. The van der Waals surface area contributed by atoms with Crippen LogP contribution in [0.5, 0.6) is 5.75 Å². The monoisotopic (exact) mass is 300 g/mol. The van der Waals surface area contributed by atoms with Gasteiger partial charge in [-0.1, -0.05) is 6.07 Å². The number of carbonyl (C=O) groups excluding carboxylic acids is 3. The molecular formula is C14H12N4O4. The number of nitrogens with two attached hydrogens (primary N) is 1. The summed E-state index contributed by atoms with van der Waals surface area (Å²) < 4.78 is 0. The lowest BCUT2D eigenvalue weighted by molar-refractivity contribution is -0.105. The van der Waals surface area contributed by atoms with Crippen molar-refractivity contribution in [2.75, 3.05) is 10.6 Å². The van der Waals surface area contributed by atoms with Crippen molar-refractivity contribution in [1.29, 1.82) is 0 Å². The maximum Gasteiger partial charge on any atom is 0.267 e. The van der Waals surface area contributed by atoms with Crippen molar-refractivity contribution >= 4 is 29.6 Å². The second-order valence-electron chi connectivity index (χ2n) is 4.21. The number of phenolic OH excluding ortho intramolecular Hbond substituents is 1. The van der Waals surface area contributed by atoms with Gasteiger partial charge in [0.15, 0.2) is 5.75 Å². The van der Waals surface area contributed by atoms with Gasteiger partial charge in [-0.3, -0.25) is 19.4 Å². The third kappa shape index (κ3) is 3.18. The van der Waals surface area contributed by atoms with Crippen LogP contribution in [-0.2, 0) is 4.79 Å².